The smallest absolute Gasteiger partial charge is 0.251 e. The molecule has 1 aromatic carbocycles. The number of anilines is 1. The van der Waals surface area contributed by atoms with Crippen molar-refractivity contribution in [2.45, 2.75) is 18.9 Å². The number of rotatable bonds is 8. The molecule has 170 valence electrons. The molecule has 1 fully saturated rings. The zero-order chi connectivity index (χ0) is 23.4. The number of aliphatic hydroxyl groups excluding tert-OH is 1. The summed E-state index contributed by atoms with van der Waals surface area (Å²) in [6.07, 6.45) is 5.61. The normalized spacial score (nSPS) is 15.9. The number of primary amides is 1. The number of ether oxygens (including phenoxy) is 1. The van der Waals surface area contributed by atoms with Gasteiger partial charge >= 0.3 is 0 Å². The van der Waals surface area contributed by atoms with Crippen molar-refractivity contribution in [2.24, 2.45) is 5.73 Å². The molecule has 0 bridgehead atoms. The minimum Gasteiger partial charge on any atom is -0.492 e. The van der Waals surface area contributed by atoms with Gasteiger partial charge in [-0.25, -0.2) is 14.6 Å². The predicted molar refractivity (Wildman–Crippen MR) is 119 cm³/mol. The van der Waals surface area contributed by atoms with Crippen molar-refractivity contribution in [1.29, 1.82) is 5.26 Å². The summed E-state index contributed by atoms with van der Waals surface area (Å²) in [7, 11) is 0. The highest BCUT2D eigenvalue weighted by molar-refractivity contribution is 5.92. The van der Waals surface area contributed by atoms with Gasteiger partial charge in [-0.05, 0) is 31.0 Å². The van der Waals surface area contributed by atoms with E-state index in [0.29, 0.717) is 35.7 Å². The number of nitriles is 1. The first-order valence-electron chi connectivity index (χ1n) is 10.5. The highest BCUT2D eigenvalue weighted by atomic mass is 16.5. The molecule has 0 spiro atoms. The average Bonchev–Trinajstić information content (AvgIpc) is 3.46. The fourth-order valence-electron chi connectivity index (χ4n) is 3.65. The van der Waals surface area contributed by atoms with Crippen LogP contribution in [0.4, 0.5) is 5.82 Å². The number of amides is 1. The fraction of sp³-hybridized carbons (Fsp3) is 0.318. The van der Waals surface area contributed by atoms with E-state index in [1.165, 1.54) is 23.3 Å². The lowest BCUT2D eigenvalue weighted by Crippen LogP contribution is -2.24. The lowest BCUT2D eigenvalue weighted by atomic mass is 10.1. The van der Waals surface area contributed by atoms with Crippen LogP contribution < -0.4 is 16.2 Å². The van der Waals surface area contributed by atoms with Gasteiger partial charge in [0, 0.05) is 31.4 Å². The monoisotopic (exact) mass is 448 g/mol. The number of hydrogen-bond donors (Lipinski definition) is 3. The lowest BCUT2D eigenvalue weighted by Gasteiger charge is -2.15. The quantitative estimate of drug-likeness (QED) is 0.420. The zero-order valence-electron chi connectivity index (χ0n) is 17.9. The van der Waals surface area contributed by atoms with Crippen LogP contribution in [-0.2, 0) is 0 Å². The molecule has 1 saturated heterocycles. The van der Waals surface area contributed by atoms with Crippen LogP contribution in [0, 0.1) is 11.3 Å². The molecule has 0 aliphatic carbocycles. The van der Waals surface area contributed by atoms with Gasteiger partial charge in [0.1, 0.15) is 11.8 Å². The lowest BCUT2D eigenvalue weighted by molar-refractivity contribution is 0.1000. The number of likely N-dealkylation sites (tertiary alicyclic amines) is 1. The van der Waals surface area contributed by atoms with E-state index in [-0.39, 0.29) is 23.3 Å². The number of nitrogens with two attached hydrogens (primary N) is 2. The summed E-state index contributed by atoms with van der Waals surface area (Å²) in [6.45, 7) is 2.90. The van der Waals surface area contributed by atoms with Crippen molar-refractivity contribution >= 4 is 11.7 Å². The Morgan fingerprint density at radius 3 is 2.91 bits per heavy atom. The topological polar surface area (TPSA) is 169 Å². The minimum atomic E-state index is -0.615. The van der Waals surface area contributed by atoms with Crippen LogP contribution >= 0.6 is 0 Å². The van der Waals surface area contributed by atoms with E-state index in [0.717, 1.165) is 25.9 Å². The number of nitrogens with zero attached hydrogens (tertiary/aromatic N) is 6. The molecule has 2 aromatic heterocycles. The average molecular weight is 448 g/mol. The number of hydrogen-bond acceptors (Lipinski definition) is 9. The molecule has 4 rings (SSSR count). The zero-order valence-corrected chi connectivity index (χ0v) is 17.9. The second kappa shape index (κ2) is 9.64. The third-order valence-corrected chi connectivity index (χ3v) is 5.39. The Labute approximate surface area is 190 Å². The molecule has 5 N–H and O–H groups in total. The van der Waals surface area contributed by atoms with Crippen LogP contribution in [-0.4, -0.2) is 68.0 Å². The summed E-state index contributed by atoms with van der Waals surface area (Å²) >= 11 is 0. The van der Waals surface area contributed by atoms with Gasteiger partial charge in [0.25, 0.3) is 5.91 Å². The SMILES string of the molecule is N#Cc1cc(-c2cnc(N)c(-n3cc(C(N)=O)cn3)n2)ccc1OCCCN1CC[C@H](O)C1. The molecule has 3 heterocycles. The molecular weight excluding hydrogens is 424 g/mol. The third-order valence-electron chi connectivity index (χ3n) is 5.39. The van der Waals surface area contributed by atoms with E-state index in [1.54, 1.807) is 18.2 Å². The predicted octanol–water partition coefficient (Wildman–Crippen LogP) is 0.718. The fourth-order valence-corrected chi connectivity index (χ4v) is 3.65. The van der Waals surface area contributed by atoms with E-state index < -0.39 is 5.91 Å². The van der Waals surface area contributed by atoms with Gasteiger partial charge in [-0.3, -0.25) is 4.79 Å². The maximum absolute atomic E-state index is 11.3. The third kappa shape index (κ3) is 5.08. The van der Waals surface area contributed by atoms with Gasteiger partial charge in [-0.15, -0.1) is 0 Å². The van der Waals surface area contributed by atoms with Gasteiger partial charge in [0.15, 0.2) is 11.6 Å². The van der Waals surface area contributed by atoms with Crippen molar-refractivity contribution in [2.75, 3.05) is 32.0 Å². The minimum absolute atomic E-state index is 0.129. The molecule has 1 aliphatic heterocycles. The van der Waals surface area contributed by atoms with Gasteiger partial charge in [-0.2, -0.15) is 10.4 Å². The second-order valence-corrected chi connectivity index (χ2v) is 7.77. The Morgan fingerprint density at radius 1 is 1.36 bits per heavy atom. The number of carbonyl (C=O) groups is 1. The van der Waals surface area contributed by atoms with Crippen molar-refractivity contribution in [1.82, 2.24) is 24.6 Å². The molecule has 0 unspecified atom stereocenters. The van der Waals surface area contributed by atoms with Gasteiger partial charge in [0.2, 0.25) is 0 Å². The molecule has 11 nitrogen and oxygen atoms in total. The molecular formula is C22H24N8O3. The maximum Gasteiger partial charge on any atom is 0.251 e. The first-order chi connectivity index (χ1) is 15.9. The number of benzene rings is 1. The number of carbonyl (C=O) groups excluding carboxylic acids is 1. The van der Waals surface area contributed by atoms with Crippen molar-refractivity contribution in [3.8, 4) is 28.9 Å². The molecule has 0 radical (unpaired) electrons. The Balaban J connectivity index is 1.48. The summed E-state index contributed by atoms with van der Waals surface area (Å²) < 4.78 is 7.14. The largest absolute Gasteiger partial charge is 0.492 e. The Hall–Kier alpha value is -4.01. The van der Waals surface area contributed by atoms with Crippen molar-refractivity contribution in [3.63, 3.8) is 0 Å². The van der Waals surface area contributed by atoms with Crippen LogP contribution in [0.1, 0.15) is 28.8 Å². The van der Waals surface area contributed by atoms with Crippen LogP contribution in [0.3, 0.4) is 0 Å². The molecule has 1 aliphatic rings. The molecule has 33 heavy (non-hydrogen) atoms. The number of aliphatic hydroxyl groups is 1. The Morgan fingerprint density at radius 2 is 2.21 bits per heavy atom. The van der Waals surface area contributed by atoms with Crippen molar-refractivity contribution in [3.05, 3.63) is 47.9 Å². The molecule has 11 heteroatoms. The van der Waals surface area contributed by atoms with E-state index in [1.807, 2.05) is 0 Å². The van der Waals surface area contributed by atoms with E-state index >= 15 is 0 Å². The van der Waals surface area contributed by atoms with Crippen molar-refractivity contribution < 1.29 is 14.6 Å². The van der Waals surface area contributed by atoms with E-state index in [9.17, 15) is 15.2 Å². The molecule has 3 aromatic rings. The maximum atomic E-state index is 11.3. The molecule has 1 atom stereocenters. The summed E-state index contributed by atoms with van der Waals surface area (Å²) in [5.41, 5.74) is 12.9. The summed E-state index contributed by atoms with van der Waals surface area (Å²) in [5, 5.41) is 23.3. The van der Waals surface area contributed by atoms with Crippen LogP contribution in [0.2, 0.25) is 0 Å². The van der Waals surface area contributed by atoms with Gasteiger partial charge < -0.3 is 26.2 Å². The van der Waals surface area contributed by atoms with Crippen LogP contribution in [0.15, 0.2) is 36.8 Å². The van der Waals surface area contributed by atoms with Gasteiger partial charge in [-0.1, -0.05) is 0 Å². The summed E-state index contributed by atoms with van der Waals surface area (Å²) in [4.78, 5) is 22.2. The number of β-amino-alcohol motifs (C(OH)–C–C–N with tert-alkyl or cyclic N) is 1. The first-order valence-corrected chi connectivity index (χ1v) is 10.5. The van der Waals surface area contributed by atoms with Crippen LogP contribution in [0.25, 0.3) is 17.1 Å². The summed E-state index contributed by atoms with van der Waals surface area (Å²) in [6, 6.07) is 7.34. The second-order valence-electron chi connectivity index (χ2n) is 7.77. The standard InChI is InChI=1S/C22H24N8O3/c23-9-15-8-14(2-3-19(15)33-7-1-5-29-6-4-17(31)13-29)18-11-26-20(24)22(28-18)30-12-16(10-27-30)21(25)32/h2-3,8,10-12,17,31H,1,4-7,13H2,(H2,24,26)(H2,25,32)/t17-/m0/s1. The van der Waals surface area contributed by atoms with Gasteiger partial charge in [0.05, 0.1) is 41.9 Å². The number of aromatic nitrogens is 4. The molecule has 1 amide bonds. The van der Waals surface area contributed by atoms with E-state index in [2.05, 4.69) is 26.0 Å². The Kier molecular flexibility index (Phi) is 6.48. The van der Waals surface area contributed by atoms with E-state index in [4.69, 9.17) is 16.2 Å². The van der Waals surface area contributed by atoms with Crippen LogP contribution in [0.5, 0.6) is 5.75 Å². The summed E-state index contributed by atoms with van der Waals surface area (Å²) in [5.74, 6) is 0.246. The highest BCUT2D eigenvalue weighted by Crippen LogP contribution is 2.27. The first kappa shape index (κ1) is 22.2. The Bertz CT molecular complexity index is 1200. The highest BCUT2D eigenvalue weighted by Gasteiger charge is 2.19. The molecule has 0 saturated carbocycles. The number of nitrogen functional groups attached to an aromatic ring is 1.